The second-order valence-corrected chi connectivity index (χ2v) is 6.91. The van der Waals surface area contributed by atoms with Gasteiger partial charge in [-0.3, -0.25) is 4.99 Å². The molecule has 3 aromatic rings. The first-order chi connectivity index (χ1) is 12.6. The Bertz CT molecular complexity index is 893. The van der Waals surface area contributed by atoms with Crippen LogP contribution in [0, 0.1) is 0 Å². The molecule has 3 rings (SSSR count). The van der Waals surface area contributed by atoms with Crippen molar-refractivity contribution < 1.29 is 9.47 Å². The Balaban J connectivity index is 1.76. The number of hydrogen-bond donors (Lipinski definition) is 0. The van der Waals surface area contributed by atoms with Gasteiger partial charge in [-0.1, -0.05) is 39.7 Å². The van der Waals surface area contributed by atoms with Crippen molar-refractivity contribution in [2.75, 3.05) is 7.11 Å². The highest BCUT2D eigenvalue weighted by Crippen LogP contribution is 2.24. The van der Waals surface area contributed by atoms with Crippen LogP contribution in [0.5, 0.6) is 11.5 Å². The SMILES string of the molecule is COc1ccc(N=Cc2cc(Cl)ccc2OCc2ccc(Br)cc2)cc1. The summed E-state index contributed by atoms with van der Waals surface area (Å²) in [6.45, 7) is 0.471. The number of methoxy groups -OCH3 is 1. The van der Waals surface area contributed by atoms with E-state index in [1.165, 1.54) is 0 Å². The van der Waals surface area contributed by atoms with Gasteiger partial charge in [0, 0.05) is 21.3 Å². The maximum Gasteiger partial charge on any atom is 0.128 e. The zero-order valence-electron chi connectivity index (χ0n) is 14.2. The topological polar surface area (TPSA) is 30.8 Å². The van der Waals surface area contributed by atoms with Crippen molar-refractivity contribution in [1.82, 2.24) is 0 Å². The maximum absolute atomic E-state index is 6.13. The lowest BCUT2D eigenvalue weighted by molar-refractivity contribution is 0.306. The number of halogens is 2. The Kier molecular flexibility index (Phi) is 6.31. The van der Waals surface area contributed by atoms with E-state index in [1.54, 1.807) is 13.3 Å². The highest BCUT2D eigenvalue weighted by Gasteiger charge is 2.04. The van der Waals surface area contributed by atoms with Crippen LogP contribution >= 0.6 is 27.5 Å². The highest BCUT2D eigenvalue weighted by atomic mass is 79.9. The summed E-state index contributed by atoms with van der Waals surface area (Å²) >= 11 is 9.57. The van der Waals surface area contributed by atoms with E-state index >= 15 is 0 Å². The van der Waals surface area contributed by atoms with E-state index in [0.717, 1.165) is 32.8 Å². The molecule has 132 valence electrons. The monoisotopic (exact) mass is 429 g/mol. The minimum atomic E-state index is 0.471. The smallest absolute Gasteiger partial charge is 0.128 e. The van der Waals surface area contributed by atoms with Crippen LogP contribution < -0.4 is 9.47 Å². The van der Waals surface area contributed by atoms with E-state index < -0.39 is 0 Å². The van der Waals surface area contributed by atoms with Crippen molar-refractivity contribution in [2.24, 2.45) is 4.99 Å². The summed E-state index contributed by atoms with van der Waals surface area (Å²) in [7, 11) is 1.64. The van der Waals surface area contributed by atoms with Gasteiger partial charge in [0.15, 0.2) is 0 Å². The first-order valence-corrected chi connectivity index (χ1v) is 9.16. The second-order valence-electron chi connectivity index (χ2n) is 5.55. The standard InChI is InChI=1S/C21H17BrClNO2/c1-25-20-9-7-19(8-10-20)24-13-16-12-18(23)6-11-21(16)26-14-15-2-4-17(22)5-3-15/h2-13H,14H2,1H3. The molecule has 0 fully saturated rings. The minimum absolute atomic E-state index is 0.471. The van der Waals surface area contributed by atoms with Crippen LogP contribution in [0.1, 0.15) is 11.1 Å². The molecule has 0 aliphatic carbocycles. The summed E-state index contributed by atoms with van der Waals surface area (Å²) in [5.74, 6) is 1.53. The number of ether oxygens (including phenoxy) is 2. The van der Waals surface area contributed by atoms with Crippen molar-refractivity contribution >= 4 is 39.4 Å². The largest absolute Gasteiger partial charge is 0.497 e. The predicted octanol–water partition coefficient (Wildman–Crippen LogP) is 6.44. The van der Waals surface area contributed by atoms with E-state index in [9.17, 15) is 0 Å². The second kappa shape index (κ2) is 8.88. The summed E-state index contributed by atoms with van der Waals surface area (Å²) in [5, 5.41) is 0.636. The molecule has 0 aromatic heterocycles. The fourth-order valence-corrected chi connectivity index (χ4v) is 2.75. The number of aliphatic imine (C=N–C) groups is 1. The molecule has 3 aromatic carbocycles. The van der Waals surface area contributed by atoms with Crippen LogP contribution in [0.25, 0.3) is 0 Å². The fraction of sp³-hybridized carbons (Fsp3) is 0.0952. The molecule has 0 aliphatic rings. The summed E-state index contributed by atoms with van der Waals surface area (Å²) in [6.07, 6.45) is 1.75. The molecule has 0 amide bonds. The van der Waals surface area contributed by atoms with Crippen molar-refractivity contribution in [3.05, 3.63) is 87.4 Å². The molecular formula is C21H17BrClNO2. The van der Waals surface area contributed by atoms with Gasteiger partial charge >= 0.3 is 0 Å². The third-order valence-electron chi connectivity index (χ3n) is 3.70. The molecule has 5 heteroatoms. The summed E-state index contributed by atoms with van der Waals surface area (Å²) in [6, 6.07) is 21.1. The lowest BCUT2D eigenvalue weighted by Crippen LogP contribution is -1.98. The first-order valence-electron chi connectivity index (χ1n) is 7.99. The Morgan fingerprint density at radius 3 is 2.42 bits per heavy atom. The van der Waals surface area contributed by atoms with Crippen molar-refractivity contribution in [1.29, 1.82) is 0 Å². The van der Waals surface area contributed by atoms with Crippen LogP contribution in [0.2, 0.25) is 5.02 Å². The van der Waals surface area contributed by atoms with Gasteiger partial charge in [0.25, 0.3) is 0 Å². The van der Waals surface area contributed by atoms with E-state index in [4.69, 9.17) is 21.1 Å². The Labute approximate surface area is 166 Å². The molecule has 0 N–H and O–H groups in total. The van der Waals surface area contributed by atoms with Crippen LogP contribution in [-0.2, 0) is 6.61 Å². The molecular weight excluding hydrogens is 414 g/mol. The summed E-state index contributed by atoms with van der Waals surface area (Å²) in [5.41, 5.74) is 2.73. The molecule has 0 saturated carbocycles. The lowest BCUT2D eigenvalue weighted by Gasteiger charge is -2.10. The molecule has 0 atom stereocenters. The van der Waals surface area contributed by atoms with E-state index in [0.29, 0.717) is 11.6 Å². The maximum atomic E-state index is 6.13. The quantitative estimate of drug-likeness (QED) is 0.421. The van der Waals surface area contributed by atoms with E-state index in [2.05, 4.69) is 20.9 Å². The molecule has 0 bridgehead atoms. The van der Waals surface area contributed by atoms with Crippen molar-refractivity contribution in [3.63, 3.8) is 0 Å². The average Bonchev–Trinajstić information content (AvgIpc) is 2.67. The predicted molar refractivity (Wildman–Crippen MR) is 110 cm³/mol. The minimum Gasteiger partial charge on any atom is -0.497 e. The Hall–Kier alpha value is -2.30. The van der Waals surface area contributed by atoms with Crippen LogP contribution in [-0.4, -0.2) is 13.3 Å². The third-order valence-corrected chi connectivity index (χ3v) is 4.47. The van der Waals surface area contributed by atoms with Gasteiger partial charge in [-0.05, 0) is 60.2 Å². The number of benzene rings is 3. The number of rotatable bonds is 6. The molecule has 0 spiro atoms. The Morgan fingerprint density at radius 1 is 1.00 bits per heavy atom. The van der Waals surface area contributed by atoms with Crippen molar-refractivity contribution in [3.8, 4) is 11.5 Å². The van der Waals surface area contributed by atoms with Crippen LogP contribution in [0.15, 0.2) is 76.2 Å². The molecule has 0 heterocycles. The zero-order chi connectivity index (χ0) is 18.4. The van der Waals surface area contributed by atoms with Gasteiger partial charge < -0.3 is 9.47 Å². The molecule has 3 nitrogen and oxygen atoms in total. The van der Waals surface area contributed by atoms with Gasteiger partial charge in [0.05, 0.1) is 12.8 Å². The zero-order valence-corrected chi connectivity index (χ0v) is 16.5. The van der Waals surface area contributed by atoms with Gasteiger partial charge in [-0.25, -0.2) is 0 Å². The van der Waals surface area contributed by atoms with Gasteiger partial charge in [-0.15, -0.1) is 0 Å². The van der Waals surface area contributed by atoms with Gasteiger partial charge in [0.2, 0.25) is 0 Å². The third kappa shape index (κ3) is 5.10. The van der Waals surface area contributed by atoms with Crippen LogP contribution in [0.3, 0.4) is 0 Å². The average molecular weight is 431 g/mol. The highest BCUT2D eigenvalue weighted by molar-refractivity contribution is 9.10. The normalized spacial score (nSPS) is 10.9. The number of hydrogen-bond acceptors (Lipinski definition) is 3. The van der Waals surface area contributed by atoms with Crippen molar-refractivity contribution in [2.45, 2.75) is 6.61 Å². The van der Waals surface area contributed by atoms with Gasteiger partial charge in [-0.2, -0.15) is 0 Å². The van der Waals surface area contributed by atoms with E-state index in [-0.39, 0.29) is 0 Å². The Morgan fingerprint density at radius 2 is 1.73 bits per heavy atom. The molecule has 0 radical (unpaired) electrons. The summed E-state index contributed by atoms with van der Waals surface area (Å²) < 4.78 is 12.2. The number of nitrogens with zero attached hydrogens (tertiary/aromatic N) is 1. The van der Waals surface area contributed by atoms with Crippen LogP contribution in [0.4, 0.5) is 5.69 Å². The van der Waals surface area contributed by atoms with E-state index in [1.807, 2.05) is 66.7 Å². The first kappa shape index (κ1) is 18.5. The van der Waals surface area contributed by atoms with Gasteiger partial charge in [0.1, 0.15) is 18.1 Å². The molecule has 26 heavy (non-hydrogen) atoms. The molecule has 0 saturated heterocycles. The fourth-order valence-electron chi connectivity index (χ4n) is 2.31. The molecule has 0 unspecified atom stereocenters. The lowest BCUT2D eigenvalue weighted by atomic mass is 10.2. The molecule has 0 aliphatic heterocycles. The summed E-state index contributed by atoms with van der Waals surface area (Å²) in [4.78, 5) is 4.49.